The van der Waals surface area contributed by atoms with E-state index < -0.39 is 23.9 Å². The summed E-state index contributed by atoms with van der Waals surface area (Å²) in [6.07, 6.45) is 7.76. The first kappa shape index (κ1) is 25.8. The number of carboxylic acid groups (broad SMARTS) is 1. The molecule has 36 heavy (non-hydrogen) atoms. The minimum atomic E-state index is -1.25. The molecule has 6 N–H and O–H groups in total. The van der Waals surface area contributed by atoms with Crippen molar-refractivity contribution in [2.24, 2.45) is 0 Å². The number of terminal acetylenes is 1. The fourth-order valence-corrected chi connectivity index (χ4v) is 3.55. The van der Waals surface area contributed by atoms with E-state index in [1.54, 1.807) is 30.5 Å². The monoisotopic (exact) mass is 491 g/mol. The predicted molar refractivity (Wildman–Crippen MR) is 130 cm³/mol. The van der Waals surface area contributed by atoms with Crippen molar-refractivity contribution >= 4 is 40.8 Å². The molecule has 3 aromatic rings. The second kappa shape index (κ2) is 11.6. The van der Waals surface area contributed by atoms with Gasteiger partial charge in [-0.3, -0.25) is 9.59 Å². The number of carboxylic acids is 1. The summed E-state index contributed by atoms with van der Waals surface area (Å²) in [6, 6.07) is 5.41. The van der Waals surface area contributed by atoms with Crippen molar-refractivity contribution in [3.63, 3.8) is 0 Å². The number of anilines is 2. The number of nitrogen functional groups attached to an aromatic ring is 2. The third-order valence-electron chi connectivity index (χ3n) is 5.43. The number of nitrogens with zero attached hydrogens (tertiary/aromatic N) is 4. The standard InChI is InChI=1S/C24H25N7O5/c1-3-4-15(11-16-12-27-21-19(28-16)20(25)30-24(26)31-21)13-5-7-14(8-6-13)22(33)29-17(23(34)35)9-10-18(32)36-2/h1,5-8,12,15,17H,4,9-11H2,2H3,(H,29,33)(H,34,35)(H4,25,26,27,30,31)/t15?,17-/m0/s1. The summed E-state index contributed by atoms with van der Waals surface area (Å²) in [5.74, 6) is 0.260. The van der Waals surface area contributed by atoms with Crippen LogP contribution >= 0.6 is 0 Å². The molecule has 0 aliphatic carbocycles. The molecule has 0 saturated carbocycles. The van der Waals surface area contributed by atoms with E-state index >= 15 is 0 Å². The van der Waals surface area contributed by atoms with Gasteiger partial charge in [0.05, 0.1) is 19.0 Å². The zero-order valence-electron chi connectivity index (χ0n) is 19.5. The molecule has 3 rings (SSSR count). The minimum Gasteiger partial charge on any atom is -0.480 e. The fourth-order valence-electron chi connectivity index (χ4n) is 3.55. The van der Waals surface area contributed by atoms with Gasteiger partial charge in [-0.05, 0) is 30.5 Å². The first-order valence-electron chi connectivity index (χ1n) is 10.9. The summed E-state index contributed by atoms with van der Waals surface area (Å²) in [5, 5.41) is 11.8. The molecule has 0 bridgehead atoms. The van der Waals surface area contributed by atoms with Gasteiger partial charge in [0.15, 0.2) is 17.0 Å². The zero-order valence-corrected chi connectivity index (χ0v) is 19.5. The lowest BCUT2D eigenvalue weighted by molar-refractivity contribution is -0.142. The van der Waals surface area contributed by atoms with Gasteiger partial charge in [-0.25, -0.2) is 14.8 Å². The summed E-state index contributed by atoms with van der Waals surface area (Å²) < 4.78 is 4.52. The highest BCUT2D eigenvalue weighted by atomic mass is 16.5. The molecule has 0 aliphatic heterocycles. The highest BCUT2D eigenvalue weighted by molar-refractivity contribution is 5.96. The smallest absolute Gasteiger partial charge is 0.326 e. The van der Waals surface area contributed by atoms with Crippen LogP contribution in [0.4, 0.5) is 11.8 Å². The molecule has 0 spiro atoms. The zero-order chi connectivity index (χ0) is 26.2. The average molecular weight is 492 g/mol. The van der Waals surface area contributed by atoms with Crippen LogP contribution in [0.15, 0.2) is 30.5 Å². The van der Waals surface area contributed by atoms with E-state index in [-0.39, 0.29) is 36.1 Å². The summed E-state index contributed by atoms with van der Waals surface area (Å²) in [5.41, 5.74) is 13.9. The average Bonchev–Trinajstić information content (AvgIpc) is 2.86. The number of ether oxygens (including phenoxy) is 1. The van der Waals surface area contributed by atoms with Crippen molar-refractivity contribution in [3.05, 3.63) is 47.3 Å². The molecule has 2 atom stereocenters. The quantitative estimate of drug-likeness (QED) is 0.234. The Hall–Kier alpha value is -4.79. The van der Waals surface area contributed by atoms with Crippen molar-refractivity contribution in [2.75, 3.05) is 18.6 Å². The van der Waals surface area contributed by atoms with Gasteiger partial charge in [-0.15, -0.1) is 12.3 Å². The summed E-state index contributed by atoms with van der Waals surface area (Å²) >= 11 is 0. The number of amides is 1. The molecule has 0 fully saturated rings. The summed E-state index contributed by atoms with van der Waals surface area (Å²) in [7, 11) is 1.21. The molecule has 0 aliphatic rings. The van der Waals surface area contributed by atoms with Crippen LogP contribution in [-0.2, 0) is 20.7 Å². The molecular weight excluding hydrogens is 466 g/mol. The van der Waals surface area contributed by atoms with E-state index in [4.69, 9.17) is 17.9 Å². The van der Waals surface area contributed by atoms with Crippen molar-refractivity contribution in [1.29, 1.82) is 0 Å². The van der Waals surface area contributed by atoms with Gasteiger partial charge in [-0.2, -0.15) is 9.97 Å². The number of aliphatic carboxylic acids is 1. The first-order valence-corrected chi connectivity index (χ1v) is 10.9. The first-order chi connectivity index (χ1) is 17.2. The third kappa shape index (κ3) is 6.41. The van der Waals surface area contributed by atoms with E-state index in [0.29, 0.717) is 29.7 Å². The van der Waals surface area contributed by atoms with E-state index in [1.807, 2.05) is 0 Å². The Labute approximate surface area is 206 Å². The molecule has 1 amide bonds. The lowest BCUT2D eigenvalue weighted by Gasteiger charge is -2.16. The Morgan fingerprint density at radius 1 is 1.17 bits per heavy atom. The normalized spacial score (nSPS) is 12.3. The highest BCUT2D eigenvalue weighted by Gasteiger charge is 2.22. The van der Waals surface area contributed by atoms with Crippen LogP contribution in [0.5, 0.6) is 0 Å². The Balaban J connectivity index is 1.74. The molecule has 186 valence electrons. The largest absolute Gasteiger partial charge is 0.480 e. The Bertz CT molecular complexity index is 1320. The molecular formula is C24H25N7O5. The summed E-state index contributed by atoms with van der Waals surface area (Å²) in [4.78, 5) is 52.0. The maximum absolute atomic E-state index is 12.6. The van der Waals surface area contributed by atoms with Crippen molar-refractivity contribution in [2.45, 2.75) is 37.6 Å². The second-order valence-electron chi connectivity index (χ2n) is 7.91. The maximum atomic E-state index is 12.6. The van der Waals surface area contributed by atoms with Gasteiger partial charge in [0.2, 0.25) is 5.95 Å². The number of carbonyl (C=O) groups is 3. The topological polar surface area (TPSA) is 196 Å². The van der Waals surface area contributed by atoms with Crippen molar-refractivity contribution in [3.8, 4) is 12.3 Å². The van der Waals surface area contributed by atoms with Gasteiger partial charge in [-0.1, -0.05) is 12.1 Å². The van der Waals surface area contributed by atoms with E-state index in [0.717, 1.165) is 5.56 Å². The second-order valence-corrected chi connectivity index (χ2v) is 7.91. The molecule has 0 saturated heterocycles. The highest BCUT2D eigenvalue weighted by Crippen LogP contribution is 2.25. The molecule has 2 heterocycles. The minimum absolute atomic E-state index is 0.00882. The number of nitrogens with two attached hydrogens (primary N) is 2. The van der Waals surface area contributed by atoms with E-state index in [1.165, 1.54) is 7.11 Å². The number of methoxy groups -OCH3 is 1. The molecule has 0 radical (unpaired) electrons. The van der Waals surface area contributed by atoms with Crippen molar-refractivity contribution in [1.82, 2.24) is 25.3 Å². The van der Waals surface area contributed by atoms with Gasteiger partial charge in [0.1, 0.15) is 6.04 Å². The van der Waals surface area contributed by atoms with E-state index in [2.05, 4.69) is 35.9 Å². The lowest BCUT2D eigenvalue weighted by Crippen LogP contribution is -2.41. The fraction of sp³-hybridized carbons (Fsp3) is 0.292. The SMILES string of the molecule is C#CCC(Cc1cnc2nc(N)nc(N)c2n1)c1ccc(C(=O)N[C@@H](CCC(=O)OC)C(=O)O)cc1. The number of esters is 1. The Kier molecular flexibility index (Phi) is 8.30. The number of fused-ring (bicyclic) bond motifs is 1. The number of hydrogen-bond donors (Lipinski definition) is 4. The van der Waals surface area contributed by atoms with Crippen LogP contribution in [0, 0.1) is 12.3 Å². The number of benzene rings is 1. The molecule has 12 nitrogen and oxygen atoms in total. The van der Waals surface area contributed by atoms with Gasteiger partial charge in [0.25, 0.3) is 5.91 Å². The van der Waals surface area contributed by atoms with Crippen LogP contribution in [0.25, 0.3) is 11.2 Å². The van der Waals surface area contributed by atoms with Crippen LogP contribution in [0.2, 0.25) is 0 Å². The molecule has 12 heteroatoms. The van der Waals surface area contributed by atoms with Gasteiger partial charge in [0, 0.05) is 24.3 Å². The Morgan fingerprint density at radius 3 is 2.53 bits per heavy atom. The van der Waals surface area contributed by atoms with Crippen LogP contribution in [-0.4, -0.2) is 56.0 Å². The lowest BCUT2D eigenvalue weighted by atomic mass is 9.91. The molecule has 1 aromatic carbocycles. The number of rotatable bonds is 10. The van der Waals surface area contributed by atoms with Crippen molar-refractivity contribution < 1.29 is 24.2 Å². The van der Waals surface area contributed by atoms with Crippen LogP contribution in [0.1, 0.15) is 46.8 Å². The third-order valence-corrected chi connectivity index (χ3v) is 5.43. The number of nitrogens with one attached hydrogen (secondary N) is 1. The number of carbonyl (C=O) groups excluding carboxylic acids is 2. The summed E-state index contributed by atoms with van der Waals surface area (Å²) in [6.45, 7) is 0. The predicted octanol–water partition coefficient (Wildman–Crippen LogP) is 1.07. The van der Waals surface area contributed by atoms with Gasteiger partial charge >= 0.3 is 11.9 Å². The number of hydrogen-bond acceptors (Lipinski definition) is 10. The number of aromatic nitrogens is 4. The molecule has 2 aromatic heterocycles. The van der Waals surface area contributed by atoms with E-state index in [9.17, 15) is 19.5 Å². The maximum Gasteiger partial charge on any atom is 0.326 e. The van der Waals surface area contributed by atoms with Crippen LogP contribution < -0.4 is 16.8 Å². The van der Waals surface area contributed by atoms with Gasteiger partial charge < -0.3 is 26.6 Å². The van der Waals surface area contributed by atoms with Crippen LogP contribution in [0.3, 0.4) is 0 Å². The Morgan fingerprint density at radius 2 is 1.89 bits per heavy atom. The molecule has 1 unspecified atom stereocenters.